The lowest BCUT2D eigenvalue weighted by atomic mass is 10.2. The zero-order chi connectivity index (χ0) is 20.6. The van der Waals surface area contributed by atoms with Crippen molar-refractivity contribution in [2.45, 2.75) is 33.9 Å². The normalized spacial score (nSPS) is 11.4. The molecule has 0 radical (unpaired) electrons. The molecule has 0 aliphatic carbocycles. The fourth-order valence-electron chi connectivity index (χ4n) is 2.64. The Bertz CT molecular complexity index is 971. The first-order valence-corrected chi connectivity index (χ1v) is 10.2. The van der Waals surface area contributed by atoms with Crippen LogP contribution in [0.15, 0.2) is 47.6 Å². The van der Waals surface area contributed by atoms with E-state index in [4.69, 9.17) is 4.74 Å². The molecule has 0 atom stereocenters. The zero-order valence-corrected chi connectivity index (χ0v) is 17.5. The van der Waals surface area contributed by atoms with Gasteiger partial charge in [0.2, 0.25) is 5.88 Å². The standard InChI is InChI=1S/C21H24FN5OS/c1-4-23-21(26-13-19-14(2)27-15(3)29-19)25-12-16-9-10-24-20(11-16)28-18-7-5-17(22)6-8-18/h5-11H,4,12-13H2,1-3H3,(H2,23,25,26). The van der Waals surface area contributed by atoms with Gasteiger partial charge in [-0.2, -0.15) is 0 Å². The number of aromatic nitrogens is 2. The first-order chi connectivity index (χ1) is 14.0. The summed E-state index contributed by atoms with van der Waals surface area (Å²) >= 11 is 1.69. The Morgan fingerprint density at radius 1 is 1.17 bits per heavy atom. The van der Waals surface area contributed by atoms with E-state index in [9.17, 15) is 4.39 Å². The van der Waals surface area contributed by atoms with Gasteiger partial charge in [-0.3, -0.25) is 0 Å². The molecule has 2 N–H and O–H groups in total. The van der Waals surface area contributed by atoms with Gasteiger partial charge in [0.05, 0.1) is 23.8 Å². The van der Waals surface area contributed by atoms with Crippen LogP contribution in [0.1, 0.15) is 28.1 Å². The smallest absolute Gasteiger partial charge is 0.219 e. The van der Waals surface area contributed by atoms with Crippen LogP contribution in [0.25, 0.3) is 0 Å². The zero-order valence-electron chi connectivity index (χ0n) is 16.7. The van der Waals surface area contributed by atoms with Crippen molar-refractivity contribution < 1.29 is 9.13 Å². The number of nitrogens with zero attached hydrogens (tertiary/aromatic N) is 3. The van der Waals surface area contributed by atoms with E-state index in [1.165, 1.54) is 17.0 Å². The van der Waals surface area contributed by atoms with Crippen LogP contribution in [0.2, 0.25) is 0 Å². The molecule has 152 valence electrons. The Morgan fingerprint density at radius 2 is 1.97 bits per heavy atom. The molecule has 6 nitrogen and oxygen atoms in total. The molecule has 0 aliphatic rings. The summed E-state index contributed by atoms with van der Waals surface area (Å²) in [5.74, 6) is 1.40. The second kappa shape index (κ2) is 9.97. The topological polar surface area (TPSA) is 71.4 Å². The van der Waals surface area contributed by atoms with Gasteiger partial charge < -0.3 is 15.4 Å². The number of thiazole rings is 1. The third-order valence-corrected chi connectivity index (χ3v) is 5.09. The van der Waals surface area contributed by atoms with Gasteiger partial charge >= 0.3 is 0 Å². The molecule has 0 aliphatic heterocycles. The number of ether oxygens (including phenoxy) is 1. The predicted octanol–water partition coefficient (Wildman–Crippen LogP) is 4.34. The SMILES string of the molecule is CCNC(=NCc1ccnc(Oc2ccc(F)cc2)c1)NCc1sc(C)nc1C. The van der Waals surface area contributed by atoms with Gasteiger partial charge in [0.1, 0.15) is 11.6 Å². The molecule has 0 saturated heterocycles. The molecule has 2 heterocycles. The van der Waals surface area contributed by atoms with Crippen LogP contribution in [-0.2, 0) is 13.1 Å². The van der Waals surface area contributed by atoms with E-state index in [2.05, 4.69) is 25.6 Å². The predicted molar refractivity (Wildman–Crippen MR) is 114 cm³/mol. The maximum Gasteiger partial charge on any atom is 0.219 e. The largest absolute Gasteiger partial charge is 0.439 e. The van der Waals surface area contributed by atoms with E-state index >= 15 is 0 Å². The number of hydrogen-bond donors (Lipinski definition) is 2. The number of halogens is 1. The van der Waals surface area contributed by atoms with Gasteiger partial charge in [-0.25, -0.2) is 19.4 Å². The van der Waals surface area contributed by atoms with E-state index < -0.39 is 0 Å². The van der Waals surface area contributed by atoms with Crippen LogP contribution in [0.5, 0.6) is 11.6 Å². The number of benzene rings is 1. The van der Waals surface area contributed by atoms with Crippen molar-refractivity contribution in [1.29, 1.82) is 0 Å². The van der Waals surface area contributed by atoms with Crippen LogP contribution in [0.4, 0.5) is 4.39 Å². The minimum absolute atomic E-state index is 0.305. The number of guanidine groups is 1. The van der Waals surface area contributed by atoms with E-state index in [1.807, 2.05) is 32.9 Å². The van der Waals surface area contributed by atoms with Crippen molar-refractivity contribution in [3.05, 3.63) is 69.6 Å². The van der Waals surface area contributed by atoms with Crippen LogP contribution < -0.4 is 15.4 Å². The second-order valence-electron chi connectivity index (χ2n) is 6.35. The summed E-state index contributed by atoms with van der Waals surface area (Å²) in [7, 11) is 0. The Kier molecular flexibility index (Phi) is 7.13. The van der Waals surface area contributed by atoms with E-state index in [0.29, 0.717) is 24.7 Å². The van der Waals surface area contributed by atoms with Gasteiger partial charge in [0, 0.05) is 23.7 Å². The van der Waals surface area contributed by atoms with Crippen molar-refractivity contribution in [1.82, 2.24) is 20.6 Å². The first-order valence-electron chi connectivity index (χ1n) is 9.37. The number of rotatable bonds is 7. The summed E-state index contributed by atoms with van der Waals surface area (Å²) in [5.41, 5.74) is 2.01. The van der Waals surface area contributed by atoms with E-state index in [-0.39, 0.29) is 5.82 Å². The molecule has 3 rings (SSSR count). The van der Waals surface area contributed by atoms with Gasteiger partial charge in [0.25, 0.3) is 0 Å². The van der Waals surface area contributed by atoms with Crippen molar-refractivity contribution in [3.63, 3.8) is 0 Å². The quantitative estimate of drug-likeness (QED) is 0.445. The number of hydrogen-bond acceptors (Lipinski definition) is 5. The third-order valence-electron chi connectivity index (χ3n) is 4.02. The molecule has 8 heteroatoms. The minimum Gasteiger partial charge on any atom is -0.439 e. The minimum atomic E-state index is -0.305. The number of aryl methyl sites for hydroxylation is 2. The first kappa shape index (κ1) is 20.7. The van der Waals surface area contributed by atoms with Crippen LogP contribution in [0.3, 0.4) is 0 Å². The Morgan fingerprint density at radius 3 is 2.66 bits per heavy atom. The number of nitrogens with one attached hydrogen (secondary N) is 2. The third kappa shape index (κ3) is 6.25. The molecule has 0 saturated carbocycles. The Balaban J connectivity index is 1.63. The molecule has 0 fully saturated rings. The van der Waals surface area contributed by atoms with Gasteiger partial charge in [-0.15, -0.1) is 11.3 Å². The van der Waals surface area contributed by atoms with Gasteiger partial charge in [0.15, 0.2) is 5.96 Å². The molecule has 0 unspecified atom stereocenters. The summed E-state index contributed by atoms with van der Waals surface area (Å²) in [6, 6.07) is 9.55. The molecular weight excluding hydrogens is 389 g/mol. The summed E-state index contributed by atoms with van der Waals surface area (Å²) in [6.07, 6.45) is 1.67. The fraction of sp³-hybridized carbons (Fsp3) is 0.286. The average Bonchev–Trinajstić information content (AvgIpc) is 3.03. The maximum atomic E-state index is 13.0. The fourth-order valence-corrected chi connectivity index (χ4v) is 3.52. The van der Waals surface area contributed by atoms with Crippen molar-refractivity contribution in [2.24, 2.45) is 4.99 Å². The summed E-state index contributed by atoms with van der Waals surface area (Å²) in [6.45, 7) is 7.97. The van der Waals surface area contributed by atoms with Crippen LogP contribution in [-0.4, -0.2) is 22.5 Å². The summed E-state index contributed by atoms with van der Waals surface area (Å²) < 4.78 is 18.7. The second-order valence-corrected chi connectivity index (χ2v) is 7.64. The lowest BCUT2D eigenvalue weighted by molar-refractivity contribution is 0.460. The highest BCUT2D eigenvalue weighted by Crippen LogP contribution is 2.20. The van der Waals surface area contributed by atoms with Gasteiger partial charge in [-0.05, 0) is 56.7 Å². The van der Waals surface area contributed by atoms with Crippen LogP contribution in [0, 0.1) is 19.7 Å². The monoisotopic (exact) mass is 413 g/mol. The summed E-state index contributed by atoms with van der Waals surface area (Å²) in [4.78, 5) is 14.5. The lowest BCUT2D eigenvalue weighted by Crippen LogP contribution is -2.36. The maximum absolute atomic E-state index is 13.0. The molecule has 1 aromatic carbocycles. The van der Waals surface area contributed by atoms with Crippen molar-refractivity contribution >= 4 is 17.3 Å². The average molecular weight is 414 g/mol. The molecule has 3 aromatic rings. The lowest BCUT2D eigenvalue weighted by Gasteiger charge is -2.11. The molecule has 0 amide bonds. The van der Waals surface area contributed by atoms with E-state index in [1.54, 1.807) is 29.7 Å². The van der Waals surface area contributed by atoms with Crippen molar-refractivity contribution in [3.8, 4) is 11.6 Å². The van der Waals surface area contributed by atoms with Gasteiger partial charge in [-0.1, -0.05) is 0 Å². The molecular formula is C21H24FN5OS. The molecule has 0 spiro atoms. The molecule has 0 bridgehead atoms. The van der Waals surface area contributed by atoms with E-state index in [0.717, 1.165) is 28.8 Å². The highest BCUT2D eigenvalue weighted by Gasteiger charge is 2.06. The molecule has 29 heavy (non-hydrogen) atoms. The number of pyridine rings is 1. The van der Waals surface area contributed by atoms with Crippen LogP contribution >= 0.6 is 11.3 Å². The number of aliphatic imine (C=N–C) groups is 1. The Hall–Kier alpha value is -3.00. The summed E-state index contributed by atoms with van der Waals surface area (Å²) in [5, 5.41) is 7.66. The van der Waals surface area contributed by atoms with Crippen molar-refractivity contribution in [2.75, 3.05) is 6.54 Å². The highest BCUT2D eigenvalue weighted by atomic mass is 32.1. The highest BCUT2D eigenvalue weighted by molar-refractivity contribution is 7.11. The molecule has 2 aromatic heterocycles. The Labute approximate surface area is 173 Å².